The van der Waals surface area contributed by atoms with Gasteiger partial charge in [-0.05, 0) is 58.4 Å². The Morgan fingerprint density at radius 2 is 1.94 bits per heavy atom. The molecule has 0 saturated carbocycles. The van der Waals surface area contributed by atoms with E-state index in [9.17, 15) is 0 Å². The van der Waals surface area contributed by atoms with Gasteiger partial charge in [-0.3, -0.25) is 0 Å². The second-order valence-electron chi connectivity index (χ2n) is 3.33. The summed E-state index contributed by atoms with van der Waals surface area (Å²) in [6.07, 6.45) is 3.61. The lowest BCUT2D eigenvalue weighted by Gasteiger charge is -2.03. The Balaban J connectivity index is 2.23. The van der Waals surface area contributed by atoms with Gasteiger partial charge < -0.3 is 5.73 Å². The van der Waals surface area contributed by atoms with Crippen LogP contribution in [0.25, 0.3) is 0 Å². The van der Waals surface area contributed by atoms with Crippen molar-refractivity contribution in [2.45, 2.75) is 17.0 Å². The van der Waals surface area contributed by atoms with Crippen LogP contribution in [0.3, 0.4) is 0 Å². The normalized spacial score (nSPS) is 10.4. The first kappa shape index (κ1) is 11.4. The molecule has 1 aromatic heterocycles. The van der Waals surface area contributed by atoms with Crippen LogP contribution >= 0.6 is 27.7 Å². The number of hydrogen-bond donors (Lipinski definition) is 1. The lowest BCUT2D eigenvalue weighted by molar-refractivity contribution is 0.949. The van der Waals surface area contributed by atoms with Gasteiger partial charge in [-0.25, -0.2) is 9.97 Å². The highest BCUT2D eigenvalue weighted by Gasteiger charge is 2.04. The number of nitrogen functional groups attached to an aromatic ring is 1. The predicted molar refractivity (Wildman–Crippen MR) is 69.4 cm³/mol. The molecular formula is C11H10BrN3S. The monoisotopic (exact) mass is 295 g/mol. The average Bonchev–Trinajstić information content (AvgIpc) is 2.25. The van der Waals surface area contributed by atoms with Gasteiger partial charge in [-0.1, -0.05) is 0 Å². The zero-order valence-electron chi connectivity index (χ0n) is 8.64. The van der Waals surface area contributed by atoms with Crippen molar-refractivity contribution in [2.24, 2.45) is 0 Å². The molecule has 0 saturated heterocycles. The molecule has 2 N–H and O–H groups in total. The van der Waals surface area contributed by atoms with Crippen LogP contribution in [0, 0.1) is 6.92 Å². The Bertz CT molecular complexity index is 499. The van der Waals surface area contributed by atoms with E-state index in [1.807, 2.05) is 25.1 Å². The Kier molecular flexibility index (Phi) is 3.46. The molecule has 1 heterocycles. The largest absolute Gasteiger partial charge is 0.399 e. The number of halogens is 1. The van der Waals surface area contributed by atoms with Crippen molar-refractivity contribution in [1.29, 1.82) is 0 Å². The summed E-state index contributed by atoms with van der Waals surface area (Å²) >= 11 is 4.97. The fourth-order valence-electron chi connectivity index (χ4n) is 1.13. The van der Waals surface area contributed by atoms with Gasteiger partial charge in [0, 0.05) is 27.4 Å². The minimum atomic E-state index is 0.732. The van der Waals surface area contributed by atoms with E-state index in [1.165, 1.54) is 11.8 Å². The van der Waals surface area contributed by atoms with E-state index in [1.54, 1.807) is 12.4 Å². The summed E-state index contributed by atoms with van der Waals surface area (Å²) < 4.78 is 0.960. The van der Waals surface area contributed by atoms with Crippen LogP contribution in [0.4, 0.5) is 5.69 Å². The van der Waals surface area contributed by atoms with Crippen molar-refractivity contribution >= 4 is 33.4 Å². The van der Waals surface area contributed by atoms with Gasteiger partial charge >= 0.3 is 0 Å². The number of rotatable bonds is 2. The molecule has 0 aliphatic rings. The molecule has 0 unspecified atom stereocenters. The summed E-state index contributed by atoms with van der Waals surface area (Å²) in [4.78, 5) is 9.53. The van der Waals surface area contributed by atoms with Crippen molar-refractivity contribution in [3.05, 3.63) is 40.6 Å². The first-order chi connectivity index (χ1) is 7.65. The van der Waals surface area contributed by atoms with Crippen LogP contribution in [0.1, 0.15) is 5.56 Å². The molecule has 0 amide bonds. The smallest absolute Gasteiger partial charge is 0.192 e. The topological polar surface area (TPSA) is 51.8 Å². The Labute approximate surface area is 107 Å². The molecule has 3 nitrogen and oxygen atoms in total. The lowest BCUT2D eigenvalue weighted by atomic mass is 10.3. The summed E-state index contributed by atoms with van der Waals surface area (Å²) in [5.74, 6) is 0. The van der Waals surface area contributed by atoms with Crippen molar-refractivity contribution in [2.75, 3.05) is 5.73 Å². The maximum absolute atomic E-state index is 5.67. The Morgan fingerprint density at radius 1 is 1.25 bits per heavy atom. The summed E-state index contributed by atoms with van der Waals surface area (Å²) in [6, 6.07) is 5.69. The van der Waals surface area contributed by atoms with E-state index in [0.29, 0.717) is 0 Å². The number of aromatic nitrogens is 2. The Hall–Kier alpha value is -1.07. The fraction of sp³-hybridized carbons (Fsp3) is 0.0909. The van der Waals surface area contributed by atoms with Gasteiger partial charge in [0.15, 0.2) is 5.16 Å². The minimum Gasteiger partial charge on any atom is -0.399 e. The highest BCUT2D eigenvalue weighted by atomic mass is 79.9. The van der Waals surface area contributed by atoms with Gasteiger partial charge in [-0.15, -0.1) is 0 Å². The molecule has 82 valence electrons. The van der Waals surface area contributed by atoms with E-state index < -0.39 is 0 Å². The van der Waals surface area contributed by atoms with E-state index in [2.05, 4.69) is 25.9 Å². The molecule has 2 rings (SSSR count). The van der Waals surface area contributed by atoms with Crippen molar-refractivity contribution in [3.63, 3.8) is 0 Å². The third-order valence-electron chi connectivity index (χ3n) is 1.91. The van der Waals surface area contributed by atoms with E-state index in [0.717, 1.165) is 25.8 Å². The number of hydrogen-bond acceptors (Lipinski definition) is 4. The van der Waals surface area contributed by atoms with Crippen LogP contribution in [0.15, 0.2) is 45.1 Å². The molecule has 0 spiro atoms. The van der Waals surface area contributed by atoms with E-state index in [-0.39, 0.29) is 0 Å². The highest BCUT2D eigenvalue weighted by molar-refractivity contribution is 9.10. The van der Waals surface area contributed by atoms with Crippen LogP contribution < -0.4 is 5.73 Å². The molecule has 5 heteroatoms. The molecular weight excluding hydrogens is 286 g/mol. The summed E-state index contributed by atoms with van der Waals surface area (Å²) in [7, 11) is 0. The Morgan fingerprint density at radius 3 is 2.56 bits per heavy atom. The van der Waals surface area contributed by atoms with Crippen LogP contribution in [-0.2, 0) is 0 Å². The zero-order valence-corrected chi connectivity index (χ0v) is 11.0. The second kappa shape index (κ2) is 4.84. The molecule has 16 heavy (non-hydrogen) atoms. The maximum Gasteiger partial charge on any atom is 0.192 e. The predicted octanol–water partition coefficient (Wildman–Crippen LogP) is 3.28. The molecule has 2 aromatic rings. The van der Waals surface area contributed by atoms with Crippen molar-refractivity contribution in [1.82, 2.24) is 9.97 Å². The second-order valence-corrected chi connectivity index (χ2v) is 5.20. The summed E-state index contributed by atoms with van der Waals surface area (Å²) in [6.45, 7) is 1.97. The number of aryl methyl sites for hydroxylation is 1. The minimum absolute atomic E-state index is 0.732. The van der Waals surface area contributed by atoms with Gasteiger partial charge in [0.05, 0.1) is 0 Å². The van der Waals surface area contributed by atoms with Crippen LogP contribution in [0.5, 0.6) is 0 Å². The van der Waals surface area contributed by atoms with E-state index in [4.69, 9.17) is 5.73 Å². The van der Waals surface area contributed by atoms with E-state index >= 15 is 0 Å². The standard InChI is InChI=1S/C11H10BrN3S/c1-7-5-14-11(15-6-7)16-10-3-2-8(13)4-9(10)12/h2-6H,13H2,1H3. The maximum atomic E-state index is 5.67. The number of nitrogens with two attached hydrogens (primary N) is 1. The van der Waals surface area contributed by atoms with Crippen molar-refractivity contribution in [3.8, 4) is 0 Å². The molecule has 0 radical (unpaired) electrons. The van der Waals surface area contributed by atoms with Gasteiger partial charge in [0.1, 0.15) is 0 Å². The number of anilines is 1. The fourth-order valence-corrected chi connectivity index (χ4v) is 2.47. The van der Waals surface area contributed by atoms with Gasteiger partial charge in [0.2, 0.25) is 0 Å². The van der Waals surface area contributed by atoms with Crippen LogP contribution in [-0.4, -0.2) is 9.97 Å². The highest BCUT2D eigenvalue weighted by Crippen LogP contribution is 2.32. The molecule has 0 fully saturated rings. The molecule has 0 atom stereocenters. The lowest BCUT2D eigenvalue weighted by Crippen LogP contribution is -1.88. The van der Waals surface area contributed by atoms with Gasteiger partial charge in [-0.2, -0.15) is 0 Å². The molecule has 0 bridgehead atoms. The quantitative estimate of drug-likeness (QED) is 0.682. The molecule has 0 aliphatic carbocycles. The molecule has 0 aliphatic heterocycles. The number of nitrogens with zero attached hydrogens (tertiary/aromatic N) is 2. The third kappa shape index (κ3) is 2.74. The first-order valence-electron chi connectivity index (χ1n) is 4.66. The summed E-state index contributed by atoms with van der Waals surface area (Å²) in [5, 5.41) is 0.732. The number of benzene rings is 1. The zero-order chi connectivity index (χ0) is 11.5. The van der Waals surface area contributed by atoms with Crippen molar-refractivity contribution < 1.29 is 0 Å². The summed E-state index contributed by atoms with van der Waals surface area (Å²) in [5.41, 5.74) is 7.46. The van der Waals surface area contributed by atoms with Gasteiger partial charge in [0.25, 0.3) is 0 Å². The average molecular weight is 296 g/mol. The van der Waals surface area contributed by atoms with Crippen LogP contribution in [0.2, 0.25) is 0 Å². The molecule has 1 aromatic carbocycles. The first-order valence-corrected chi connectivity index (χ1v) is 6.27. The SMILES string of the molecule is Cc1cnc(Sc2ccc(N)cc2Br)nc1. The third-order valence-corrected chi connectivity index (χ3v) is 3.80.